The van der Waals surface area contributed by atoms with Gasteiger partial charge in [-0.3, -0.25) is 9.88 Å². The standard InChI is InChI=1S/C18H20N6O2/c1-2-3-10-26-15-6-4-14(5-7-15)22-18(25)23-16-11-17(21-12-20-16)24-9-8-19-13-24/h4-9,11-13H,2-3,10H2,1H3,(H2,20,21,22,23,25). The van der Waals surface area contributed by atoms with Gasteiger partial charge in [-0.05, 0) is 30.7 Å². The third-order valence-corrected chi connectivity index (χ3v) is 3.54. The van der Waals surface area contributed by atoms with Crippen molar-refractivity contribution in [3.05, 3.63) is 55.4 Å². The van der Waals surface area contributed by atoms with E-state index < -0.39 is 0 Å². The van der Waals surface area contributed by atoms with Gasteiger partial charge >= 0.3 is 6.03 Å². The lowest BCUT2D eigenvalue weighted by molar-refractivity contribution is 0.262. The van der Waals surface area contributed by atoms with Gasteiger partial charge in [-0.1, -0.05) is 13.3 Å². The van der Waals surface area contributed by atoms with Crippen LogP contribution in [0, 0.1) is 0 Å². The lowest BCUT2D eigenvalue weighted by Gasteiger charge is -2.09. The van der Waals surface area contributed by atoms with Crippen molar-refractivity contribution >= 4 is 17.5 Å². The summed E-state index contributed by atoms with van der Waals surface area (Å²) in [6, 6.07) is 8.50. The number of anilines is 2. The minimum absolute atomic E-state index is 0.389. The molecule has 2 heterocycles. The van der Waals surface area contributed by atoms with Crippen molar-refractivity contribution in [1.82, 2.24) is 19.5 Å². The molecule has 0 spiro atoms. The lowest BCUT2D eigenvalue weighted by Crippen LogP contribution is -2.20. The Morgan fingerprint density at radius 1 is 1.19 bits per heavy atom. The number of carbonyl (C=O) groups is 1. The van der Waals surface area contributed by atoms with Gasteiger partial charge in [-0.25, -0.2) is 19.7 Å². The zero-order chi connectivity index (χ0) is 18.2. The largest absolute Gasteiger partial charge is 0.494 e. The van der Waals surface area contributed by atoms with Crippen LogP contribution in [-0.4, -0.2) is 32.2 Å². The average Bonchev–Trinajstić information content (AvgIpc) is 3.18. The van der Waals surface area contributed by atoms with E-state index in [1.807, 2.05) is 12.1 Å². The summed E-state index contributed by atoms with van der Waals surface area (Å²) in [5.74, 6) is 1.78. The first-order valence-electron chi connectivity index (χ1n) is 8.36. The lowest BCUT2D eigenvalue weighted by atomic mass is 10.3. The first-order valence-corrected chi connectivity index (χ1v) is 8.36. The second-order valence-electron chi connectivity index (χ2n) is 5.54. The number of ether oxygens (including phenoxy) is 1. The summed E-state index contributed by atoms with van der Waals surface area (Å²) in [6.07, 6.45) is 8.52. The van der Waals surface area contributed by atoms with Gasteiger partial charge in [0.15, 0.2) is 0 Å². The highest BCUT2D eigenvalue weighted by molar-refractivity contribution is 5.99. The Morgan fingerprint density at radius 3 is 2.77 bits per heavy atom. The van der Waals surface area contributed by atoms with Crippen molar-refractivity contribution in [2.75, 3.05) is 17.2 Å². The molecule has 2 aromatic heterocycles. The van der Waals surface area contributed by atoms with E-state index >= 15 is 0 Å². The van der Waals surface area contributed by atoms with Crippen LogP contribution < -0.4 is 15.4 Å². The first-order chi connectivity index (χ1) is 12.7. The number of benzene rings is 1. The summed E-state index contributed by atoms with van der Waals surface area (Å²) in [5.41, 5.74) is 0.661. The van der Waals surface area contributed by atoms with Gasteiger partial charge in [0.05, 0.1) is 6.61 Å². The average molecular weight is 352 g/mol. The molecule has 3 aromatic rings. The Labute approximate surface area is 151 Å². The molecule has 26 heavy (non-hydrogen) atoms. The Bertz CT molecular complexity index is 833. The molecule has 0 atom stereocenters. The predicted molar refractivity (Wildman–Crippen MR) is 98.6 cm³/mol. The third kappa shape index (κ3) is 4.79. The van der Waals surface area contributed by atoms with E-state index in [-0.39, 0.29) is 6.03 Å². The van der Waals surface area contributed by atoms with E-state index in [4.69, 9.17) is 4.74 Å². The van der Waals surface area contributed by atoms with Crippen LogP contribution in [0.15, 0.2) is 55.4 Å². The number of urea groups is 1. The molecule has 0 unspecified atom stereocenters. The topological polar surface area (TPSA) is 94.0 Å². The number of imidazole rings is 1. The number of amides is 2. The van der Waals surface area contributed by atoms with Gasteiger partial charge in [-0.2, -0.15) is 0 Å². The van der Waals surface area contributed by atoms with Crippen molar-refractivity contribution in [3.63, 3.8) is 0 Å². The molecule has 0 aliphatic heterocycles. The first kappa shape index (κ1) is 17.4. The summed E-state index contributed by atoms with van der Waals surface area (Å²) in [6.45, 7) is 2.81. The van der Waals surface area contributed by atoms with E-state index in [0.717, 1.165) is 18.6 Å². The number of nitrogens with zero attached hydrogens (tertiary/aromatic N) is 4. The third-order valence-electron chi connectivity index (χ3n) is 3.54. The van der Waals surface area contributed by atoms with Crippen LogP contribution in [0.5, 0.6) is 5.75 Å². The predicted octanol–water partition coefficient (Wildman–Crippen LogP) is 3.49. The monoisotopic (exact) mass is 352 g/mol. The summed E-state index contributed by atoms with van der Waals surface area (Å²) >= 11 is 0. The minimum atomic E-state index is -0.389. The fourth-order valence-corrected chi connectivity index (χ4v) is 2.20. The number of aromatic nitrogens is 4. The Morgan fingerprint density at radius 2 is 2.04 bits per heavy atom. The number of nitrogens with one attached hydrogen (secondary N) is 2. The summed E-state index contributed by atoms with van der Waals surface area (Å²) in [7, 11) is 0. The molecular weight excluding hydrogens is 332 g/mol. The highest BCUT2D eigenvalue weighted by atomic mass is 16.5. The zero-order valence-corrected chi connectivity index (χ0v) is 14.4. The van der Waals surface area contributed by atoms with Gasteiger partial charge in [-0.15, -0.1) is 0 Å². The number of rotatable bonds is 7. The van der Waals surface area contributed by atoms with Crippen molar-refractivity contribution in [2.24, 2.45) is 0 Å². The van der Waals surface area contributed by atoms with Gasteiger partial charge in [0.25, 0.3) is 0 Å². The molecule has 134 valence electrons. The Hall–Kier alpha value is -3.42. The van der Waals surface area contributed by atoms with Gasteiger partial charge in [0.1, 0.15) is 30.0 Å². The molecule has 8 heteroatoms. The van der Waals surface area contributed by atoms with Crippen molar-refractivity contribution in [1.29, 1.82) is 0 Å². The van der Waals surface area contributed by atoms with Crippen LogP contribution >= 0.6 is 0 Å². The molecule has 0 radical (unpaired) electrons. The zero-order valence-electron chi connectivity index (χ0n) is 14.4. The van der Waals surface area contributed by atoms with Gasteiger partial charge < -0.3 is 10.1 Å². The van der Waals surface area contributed by atoms with E-state index in [2.05, 4.69) is 32.5 Å². The van der Waals surface area contributed by atoms with E-state index in [0.29, 0.717) is 23.9 Å². The number of hydrogen-bond donors (Lipinski definition) is 2. The molecule has 0 fully saturated rings. The molecule has 2 N–H and O–H groups in total. The second-order valence-corrected chi connectivity index (χ2v) is 5.54. The quantitative estimate of drug-likeness (QED) is 0.635. The minimum Gasteiger partial charge on any atom is -0.494 e. The van der Waals surface area contributed by atoms with Crippen LogP contribution in [0.2, 0.25) is 0 Å². The fraction of sp³-hybridized carbons (Fsp3) is 0.222. The van der Waals surface area contributed by atoms with Crippen LogP contribution in [-0.2, 0) is 0 Å². The van der Waals surface area contributed by atoms with E-state index in [1.165, 1.54) is 6.33 Å². The maximum absolute atomic E-state index is 12.1. The van der Waals surface area contributed by atoms with E-state index in [9.17, 15) is 4.79 Å². The summed E-state index contributed by atoms with van der Waals surface area (Å²) in [4.78, 5) is 24.3. The highest BCUT2D eigenvalue weighted by Crippen LogP contribution is 2.16. The van der Waals surface area contributed by atoms with E-state index in [1.54, 1.807) is 41.5 Å². The number of carbonyl (C=O) groups excluding carboxylic acids is 1. The van der Waals surface area contributed by atoms with Gasteiger partial charge in [0.2, 0.25) is 0 Å². The SMILES string of the molecule is CCCCOc1ccc(NC(=O)Nc2cc(-n3ccnc3)ncn2)cc1. The molecule has 0 aliphatic carbocycles. The smallest absolute Gasteiger partial charge is 0.324 e. The maximum Gasteiger partial charge on any atom is 0.324 e. The fourth-order valence-electron chi connectivity index (χ4n) is 2.20. The van der Waals surface area contributed by atoms with Crippen LogP contribution in [0.3, 0.4) is 0 Å². The Kier molecular flexibility index (Phi) is 5.76. The van der Waals surface area contributed by atoms with Crippen LogP contribution in [0.4, 0.5) is 16.3 Å². The highest BCUT2D eigenvalue weighted by Gasteiger charge is 2.06. The number of unbranched alkanes of at least 4 members (excludes halogenated alkanes) is 1. The molecular formula is C18H20N6O2. The van der Waals surface area contributed by atoms with Crippen LogP contribution in [0.25, 0.3) is 5.82 Å². The van der Waals surface area contributed by atoms with Crippen molar-refractivity contribution < 1.29 is 9.53 Å². The van der Waals surface area contributed by atoms with Gasteiger partial charge in [0, 0.05) is 24.1 Å². The molecule has 8 nitrogen and oxygen atoms in total. The second kappa shape index (κ2) is 8.61. The normalized spacial score (nSPS) is 10.3. The van der Waals surface area contributed by atoms with Crippen molar-refractivity contribution in [2.45, 2.75) is 19.8 Å². The molecule has 0 aliphatic rings. The molecule has 2 amide bonds. The Balaban J connectivity index is 1.56. The maximum atomic E-state index is 12.1. The van der Waals surface area contributed by atoms with Crippen LogP contribution in [0.1, 0.15) is 19.8 Å². The molecule has 1 aromatic carbocycles. The number of hydrogen-bond acceptors (Lipinski definition) is 5. The van der Waals surface area contributed by atoms with Crippen molar-refractivity contribution in [3.8, 4) is 11.6 Å². The summed E-state index contributed by atoms with van der Waals surface area (Å²) < 4.78 is 7.32. The molecule has 0 bridgehead atoms. The molecule has 3 rings (SSSR count). The summed E-state index contributed by atoms with van der Waals surface area (Å²) in [5, 5.41) is 5.44. The molecule has 0 saturated carbocycles. The molecule has 0 saturated heterocycles.